The molecule has 1 aromatic carbocycles. The lowest BCUT2D eigenvalue weighted by Crippen LogP contribution is -2.52. The van der Waals surface area contributed by atoms with Crippen LogP contribution in [0.25, 0.3) is 0 Å². The van der Waals surface area contributed by atoms with Crippen LogP contribution in [0.4, 0.5) is 13.2 Å². The summed E-state index contributed by atoms with van der Waals surface area (Å²) >= 11 is 0. The highest BCUT2D eigenvalue weighted by molar-refractivity contribution is 5.82. The zero-order valence-corrected chi connectivity index (χ0v) is 13.8. The van der Waals surface area contributed by atoms with E-state index < -0.39 is 18.0 Å². The van der Waals surface area contributed by atoms with E-state index in [0.717, 1.165) is 6.54 Å². The molecule has 0 aliphatic carbocycles. The van der Waals surface area contributed by atoms with Crippen molar-refractivity contribution in [1.82, 2.24) is 10.2 Å². The fourth-order valence-corrected chi connectivity index (χ4v) is 2.47. The number of hydrogen-bond donors (Lipinski definition) is 1. The smallest absolute Gasteiger partial charge is 0.406 e. The van der Waals surface area contributed by atoms with Crippen molar-refractivity contribution in [3.63, 3.8) is 0 Å². The number of alkyl halides is 3. The van der Waals surface area contributed by atoms with Gasteiger partial charge in [0.05, 0.1) is 12.1 Å². The van der Waals surface area contributed by atoms with Crippen LogP contribution in [0.3, 0.4) is 0 Å². The van der Waals surface area contributed by atoms with E-state index in [2.05, 4.69) is 10.1 Å². The highest BCUT2D eigenvalue weighted by Gasteiger charge is 2.32. The summed E-state index contributed by atoms with van der Waals surface area (Å²) in [4.78, 5) is 14.4. The maximum Gasteiger partial charge on any atom is 0.573 e. The lowest BCUT2D eigenvalue weighted by atomic mass is 9.94. The lowest BCUT2D eigenvalue weighted by molar-refractivity contribution is -0.274. The Morgan fingerprint density at radius 3 is 2.46 bits per heavy atom. The van der Waals surface area contributed by atoms with Gasteiger partial charge in [-0.05, 0) is 38.6 Å². The minimum absolute atomic E-state index is 0.248. The number of halogens is 3. The van der Waals surface area contributed by atoms with Gasteiger partial charge in [-0.15, -0.1) is 13.2 Å². The number of nitrogens with zero attached hydrogens (tertiary/aromatic N) is 1. The number of benzene rings is 1. The zero-order valence-electron chi connectivity index (χ0n) is 13.8. The van der Waals surface area contributed by atoms with Crippen LogP contribution in [-0.2, 0) is 15.1 Å². The Balaban J connectivity index is 2.02. The van der Waals surface area contributed by atoms with Crippen LogP contribution in [0.5, 0.6) is 5.75 Å². The van der Waals surface area contributed by atoms with Crippen molar-refractivity contribution >= 4 is 5.91 Å². The van der Waals surface area contributed by atoms with Gasteiger partial charge < -0.3 is 19.7 Å². The van der Waals surface area contributed by atoms with E-state index in [1.807, 2.05) is 11.9 Å². The molecule has 0 aromatic heterocycles. The minimum Gasteiger partial charge on any atom is -0.406 e. The maximum absolute atomic E-state index is 12.4. The third-order valence-electron chi connectivity index (χ3n) is 3.81. The molecule has 2 rings (SSSR count). The van der Waals surface area contributed by atoms with Crippen LogP contribution in [0.15, 0.2) is 24.3 Å². The van der Waals surface area contributed by atoms with Crippen LogP contribution >= 0.6 is 0 Å². The number of carbonyl (C=O) groups excluding carboxylic acids is 1. The van der Waals surface area contributed by atoms with Crippen LogP contribution in [0.1, 0.15) is 19.4 Å². The van der Waals surface area contributed by atoms with Gasteiger partial charge in [0.1, 0.15) is 11.9 Å². The molecule has 1 saturated heterocycles. The van der Waals surface area contributed by atoms with Crippen LogP contribution in [0.2, 0.25) is 0 Å². The molecule has 1 aromatic rings. The first-order valence-electron chi connectivity index (χ1n) is 7.55. The highest BCUT2D eigenvalue weighted by Crippen LogP contribution is 2.26. The molecule has 134 valence electrons. The maximum atomic E-state index is 12.4. The second-order valence-corrected chi connectivity index (χ2v) is 6.31. The molecule has 0 saturated carbocycles. The fraction of sp³-hybridized carbons (Fsp3) is 0.562. The predicted molar refractivity (Wildman–Crippen MR) is 81.5 cm³/mol. The third kappa shape index (κ3) is 5.10. The average Bonchev–Trinajstić information content (AvgIpc) is 2.45. The van der Waals surface area contributed by atoms with E-state index in [1.54, 1.807) is 13.8 Å². The summed E-state index contributed by atoms with van der Waals surface area (Å²) in [7, 11) is 1.91. The number of nitrogens with one attached hydrogen (secondary N) is 1. The average molecular weight is 346 g/mol. The van der Waals surface area contributed by atoms with Crippen molar-refractivity contribution in [1.29, 1.82) is 0 Å². The number of rotatable bonds is 4. The quantitative estimate of drug-likeness (QED) is 0.909. The summed E-state index contributed by atoms with van der Waals surface area (Å²) in [6.07, 6.45) is -5.29. The predicted octanol–water partition coefficient (Wildman–Crippen LogP) is 2.27. The Morgan fingerprint density at radius 2 is 1.92 bits per heavy atom. The van der Waals surface area contributed by atoms with E-state index in [0.29, 0.717) is 18.7 Å². The van der Waals surface area contributed by atoms with Crippen molar-refractivity contribution in [3.05, 3.63) is 29.8 Å². The third-order valence-corrected chi connectivity index (χ3v) is 3.81. The molecule has 1 aliphatic heterocycles. The van der Waals surface area contributed by atoms with Gasteiger partial charge in [-0.2, -0.15) is 0 Å². The van der Waals surface area contributed by atoms with Crippen molar-refractivity contribution in [2.24, 2.45) is 0 Å². The van der Waals surface area contributed by atoms with Crippen molar-refractivity contribution < 1.29 is 27.4 Å². The SMILES string of the molecule is CN1CCOC(C(=O)NC(C)(C)c2ccc(OC(F)(F)F)cc2)C1. The number of carbonyl (C=O) groups is 1. The first-order valence-corrected chi connectivity index (χ1v) is 7.55. The highest BCUT2D eigenvalue weighted by atomic mass is 19.4. The van der Waals surface area contributed by atoms with Gasteiger partial charge in [-0.3, -0.25) is 4.79 Å². The molecule has 1 unspecified atom stereocenters. The van der Waals surface area contributed by atoms with Crippen LogP contribution < -0.4 is 10.1 Å². The van der Waals surface area contributed by atoms with Crippen LogP contribution in [0, 0.1) is 0 Å². The lowest BCUT2D eigenvalue weighted by Gasteiger charge is -2.33. The largest absolute Gasteiger partial charge is 0.573 e. The Labute approximate surface area is 138 Å². The molecule has 0 bridgehead atoms. The number of morpholine rings is 1. The van der Waals surface area contributed by atoms with Gasteiger partial charge in [0.2, 0.25) is 0 Å². The van der Waals surface area contributed by atoms with E-state index in [9.17, 15) is 18.0 Å². The normalized spacial score (nSPS) is 19.8. The molecule has 1 aliphatic rings. The van der Waals surface area contributed by atoms with Gasteiger partial charge in [0.25, 0.3) is 5.91 Å². The molecule has 1 N–H and O–H groups in total. The molecule has 8 heteroatoms. The Kier molecular flexibility index (Phi) is 5.39. The van der Waals surface area contributed by atoms with Crippen molar-refractivity contribution in [3.8, 4) is 5.75 Å². The molecular formula is C16H21F3N2O3. The zero-order chi connectivity index (χ0) is 18.0. The molecule has 0 spiro atoms. The van der Waals surface area contributed by atoms with E-state index >= 15 is 0 Å². The standard InChI is InChI=1S/C16H21F3N2O3/c1-15(2,20-14(22)13-10-21(3)8-9-23-13)11-4-6-12(7-5-11)24-16(17,18)19/h4-7,13H,8-10H2,1-3H3,(H,20,22). The molecule has 5 nitrogen and oxygen atoms in total. The van der Waals surface area contributed by atoms with Gasteiger partial charge in [-0.25, -0.2) is 0 Å². The molecular weight excluding hydrogens is 325 g/mol. The summed E-state index contributed by atoms with van der Waals surface area (Å²) in [6, 6.07) is 5.44. The van der Waals surface area contributed by atoms with Gasteiger partial charge in [0.15, 0.2) is 0 Å². The van der Waals surface area contributed by atoms with Gasteiger partial charge in [0, 0.05) is 13.1 Å². The topological polar surface area (TPSA) is 50.8 Å². The molecule has 24 heavy (non-hydrogen) atoms. The second kappa shape index (κ2) is 6.98. The fourth-order valence-electron chi connectivity index (χ4n) is 2.47. The summed E-state index contributed by atoms with van der Waals surface area (Å²) in [6.45, 7) is 5.31. The number of ether oxygens (including phenoxy) is 2. The van der Waals surface area contributed by atoms with E-state index in [1.165, 1.54) is 24.3 Å². The van der Waals surface area contributed by atoms with Gasteiger partial charge >= 0.3 is 6.36 Å². The number of amides is 1. The second-order valence-electron chi connectivity index (χ2n) is 6.31. The molecule has 1 atom stereocenters. The number of hydrogen-bond acceptors (Lipinski definition) is 4. The Morgan fingerprint density at radius 1 is 1.29 bits per heavy atom. The van der Waals surface area contributed by atoms with Crippen molar-refractivity contribution in [2.75, 3.05) is 26.7 Å². The monoisotopic (exact) mass is 346 g/mol. The van der Waals surface area contributed by atoms with E-state index in [4.69, 9.17) is 4.74 Å². The van der Waals surface area contributed by atoms with Crippen molar-refractivity contribution in [2.45, 2.75) is 31.9 Å². The summed E-state index contributed by atoms with van der Waals surface area (Å²) in [5.41, 5.74) is -0.0951. The minimum atomic E-state index is -4.73. The van der Waals surface area contributed by atoms with Gasteiger partial charge in [-0.1, -0.05) is 12.1 Å². The first kappa shape index (κ1) is 18.5. The Bertz CT molecular complexity index is 573. The molecule has 1 heterocycles. The summed E-state index contributed by atoms with van der Waals surface area (Å²) < 4.78 is 45.9. The molecule has 1 fully saturated rings. The Hall–Kier alpha value is -1.80. The summed E-state index contributed by atoms with van der Waals surface area (Å²) in [5.74, 6) is -0.548. The first-order chi connectivity index (χ1) is 11.1. The van der Waals surface area contributed by atoms with E-state index in [-0.39, 0.29) is 11.7 Å². The number of likely N-dealkylation sites (N-methyl/N-ethyl adjacent to an activating group) is 1. The summed E-state index contributed by atoms with van der Waals surface area (Å²) in [5, 5.41) is 2.88. The molecule has 0 radical (unpaired) electrons. The molecule has 1 amide bonds. The van der Waals surface area contributed by atoms with Crippen LogP contribution in [-0.4, -0.2) is 50.0 Å².